The predicted octanol–water partition coefficient (Wildman–Crippen LogP) is 4.99. The van der Waals surface area contributed by atoms with Gasteiger partial charge in [-0.2, -0.15) is 0 Å². The molecular formula is C20H18Cl2N2O2S. The third kappa shape index (κ3) is 4.10. The highest BCUT2D eigenvalue weighted by Gasteiger charge is 2.34. The second-order valence-corrected chi connectivity index (χ2v) is 7.17. The van der Waals surface area contributed by atoms with Crippen LogP contribution in [0.1, 0.15) is 18.1 Å². The van der Waals surface area contributed by atoms with Gasteiger partial charge >= 0.3 is 0 Å². The summed E-state index contributed by atoms with van der Waals surface area (Å²) in [5.41, 5.74) is 2.19. The Labute approximate surface area is 173 Å². The number of halogens is 2. The Morgan fingerprint density at radius 3 is 2.52 bits per heavy atom. The minimum Gasteiger partial charge on any atom is -0.487 e. The maximum absolute atomic E-state index is 12.5. The molecule has 7 heteroatoms. The highest BCUT2D eigenvalue weighted by atomic mass is 35.5. The van der Waals surface area contributed by atoms with E-state index in [4.69, 9.17) is 40.2 Å². The van der Waals surface area contributed by atoms with Crippen LogP contribution < -0.4 is 4.74 Å². The van der Waals surface area contributed by atoms with Crippen molar-refractivity contribution in [1.29, 1.82) is 0 Å². The molecular weight excluding hydrogens is 403 g/mol. The van der Waals surface area contributed by atoms with Gasteiger partial charge in [0.15, 0.2) is 5.11 Å². The number of ether oxygens (including phenoxy) is 1. The van der Waals surface area contributed by atoms with E-state index in [1.165, 1.54) is 0 Å². The summed E-state index contributed by atoms with van der Waals surface area (Å²) in [6.07, 6.45) is 1.77. The standard InChI is InChI=1S/C20H18Cl2N2O2S/c1-3-24-19(25)17(23(2)20(24)27)11-13-8-9-18(16(22)10-13)26-12-14-6-4-5-7-15(14)21/h4-11H,3,12H2,1-2H3/b17-11-. The van der Waals surface area contributed by atoms with Crippen molar-refractivity contribution in [2.45, 2.75) is 13.5 Å². The average molecular weight is 421 g/mol. The van der Waals surface area contributed by atoms with Gasteiger partial charge in [0, 0.05) is 24.2 Å². The van der Waals surface area contributed by atoms with Crippen molar-refractivity contribution in [1.82, 2.24) is 9.80 Å². The normalized spacial score (nSPS) is 15.8. The molecule has 1 aliphatic rings. The summed E-state index contributed by atoms with van der Waals surface area (Å²) in [5, 5.41) is 1.60. The average Bonchev–Trinajstić information content (AvgIpc) is 2.85. The smallest absolute Gasteiger partial charge is 0.276 e. The first-order chi connectivity index (χ1) is 12.9. The number of hydrogen-bond donors (Lipinski definition) is 0. The van der Waals surface area contributed by atoms with Gasteiger partial charge in [-0.05, 0) is 49.0 Å². The quantitative estimate of drug-likeness (QED) is 0.503. The fourth-order valence-electron chi connectivity index (χ4n) is 2.74. The lowest BCUT2D eigenvalue weighted by atomic mass is 10.1. The third-order valence-electron chi connectivity index (χ3n) is 4.26. The van der Waals surface area contributed by atoms with Gasteiger partial charge in [0.05, 0.1) is 5.02 Å². The summed E-state index contributed by atoms with van der Waals surface area (Å²) in [7, 11) is 1.78. The molecule has 27 heavy (non-hydrogen) atoms. The van der Waals surface area contributed by atoms with Crippen molar-refractivity contribution in [3.63, 3.8) is 0 Å². The molecule has 0 aromatic heterocycles. The Hall–Kier alpha value is -2.08. The molecule has 1 amide bonds. The van der Waals surface area contributed by atoms with Gasteiger partial charge in [0.1, 0.15) is 18.1 Å². The molecule has 0 saturated carbocycles. The van der Waals surface area contributed by atoms with E-state index in [-0.39, 0.29) is 5.91 Å². The molecule has 0 aliphatic carbocycles. The Bertz CT molecular complexity index is 930. The number of carbonyl (C=O) groups excluding carboxylic acids is 1. The van der Waals surface area contributed by atoms with E-state index < -0.39 is 0 Å². The van der Waals surface area contributed by atoms with Gasteiger partial charge in [0.25, 0.3) is 5.91 Å². The van der Waals surface area contributed by atoms with Crippen molar-refractivity contribution in [2.24, 2.45) is 0 Å². The summed E-state index contributed by atoms with van der Waals surface area (Å²) >= 11 is 17.8. The molecule has 2 aromatic rings. The highest BCUT2D eigenvalue weighted by molar-refractivity contribution is 7.80. The van der Waals surface area contributed by atoms with Crippen LogP contribution in [0, 0.1) is 0 Å². The van der Waals surface area contributed by atoms with Gasteiger partial charge in [-0.1, -0.05) is 47.5 Å². The van der Waals surface area contributed by atoms with Crippen LogP contribution in [0.15, 0.2) is 48.2 Å². The summed E-state index contributed by atoms with van der Waals surface area (Å²) < 4.78 is 5.78. The molecule has 140 valence electrons. The zero-order valence-electron chi connectivity index (χ0n) is 14.9. The summed E-state index contributed by atoms with van der Waals surface area (Å²) in [4.78, 5) is 15.7. The van der Waals surface area contributed by atoms with Gasteiger partial charge < -0.3 is 9.64 Å². The zero-order valence-corrected chi connectivity index (χ0v) is 17.2. The molecule has 0 radical (unpaired) electrons. The number of thiocarbonyl (C=S) groups is 1. The number of nitrogens with zero attached hydrogens (tertiary/aromatic N) is 2. The molecule has 0 spiro atoms. The SMILES string of the molecule is CCN1C(=O)/C(=C/c2ccc(OCc3ccccc3Cl)c(Cl)c2)N(C)C1=S. The molecule has 1 saturated heterocycles. The van der Waals surface area contributed by atoms with Crippen molar-refractivity contribution in [3.05, 3.63) is 69.3 Å². The van der Waals surface area contributed by atoms with E-state index in [0.717, 1.165) is 11.1 Å². The number of benzene rings is 2. The lowest BCUT2D eigenvalue weighted by Gasteiger charge is -2.13. The monoisotopic (exact) mass is 420 g/mol. The fraction of sp³-hybridized carbons (Fsp3) is 0.200. The van der Waals surface area contributed by atoms with E-state index in [2.05, 4.69) is 0 Å². The van der Waals surface area contributed by atoms with E-state index in [1.54, 1.807) is 35.1 Å². The molecule has 2 aromatic carbocycles. The van der Waals surface area contributed by atoms with Gasteiger partial charge in [-0.25, -0.2) is 0 Å². The maximum Gasteiger partial charge on any atom is 0.276 e. The van der Waals surface area contributed by atoms with E-state index in [9.17, 15) is 4.79 Å². The zero-order chi connectivity index (χ0) is 19.6. The number of likely N-dealkylation sites (N-methyl/N-ethyl adjacent to an activating group) is 2. The van der Waals surface area contributed by atoms with Crippen LogP contribution in [0.25, 0.3) is 6.08 Å². The largest absolute Gasteiger partial charge is 0.487 e. The molecule has 0 atom stereocenters. The lowest BCUT2D eigenvalue weighted by Crippen LogP contribution is -2.30. The molecule has 0 bridgehead atoms. The predicted molar refractivity (Wildman–Crippen MR) is 113 cm³/mol. The summed E-state index contributed by atoms with van der Waals surface area (Å²) in [6, 6.07) is 12.9. The maximum atomic E-state index is 12.5. The highest BCUT2D eigenvalue weighted by Crippen LogP contribution is 2.29. The number of rotatable bonds is 5. The molecule has 0 unspecified atom stereocenters. The number of hydrogen-bond acceptors (Lipinski definition) is 3. The van der Waals surface area contributed by atoms with Crippen LogP contribution in [0.3, 0.4) is 0 Å². The lowest BCUT2D eigenvalue weighted by molar-refractivity contribution is -0.122. The fourth-order valence-corrected chi connectivity index (χ4v) is 3.49. The van der Waals surface area contributed by atoms with Crippen molar-refractivity contribution in [2.75, 3.05) is 13.6 Å². The van der Waals surface area contributed by atoms with Gasteiger partial charge in [0.2, 0.25) is 0 Å². The Balaban J connectivity index is 1.78. The van der Waals surface area contributed by atoms with Crippen molar-refractivity contribution in [3.8, 4) is 5.75 Å². The van der Waals surface area contributed by atoms with Gasteiger partial charge in [-0.3, -0.25) is 9.69 Å². The second kappa shape index (κ2) is 8.30. The molecule has 1 fully saturated rings. The van der Waals surface area contributed by atoms with Crippen LogP contribution >= 0.6 is 35.4 Å². The third-order valence-corrected chi connectivity index (χ3v) is 5.42. The van der Waals surface area contributed by atoms with Crippen LogP contribution in [0.5, 0.6) is 5.75 Å². The van der Waals surface area contributed by atoms with Crippen LogP contribution in [-0.4, -0.2) is 34.4 Å². The number of amides is 1. The minimum absolute atomic E-state index is 0.111. The first kappa shape index (κ1) is 19.7. The van der Waals surface area contributed by atoms with Crippen molar-refractivity contribution >= 4 is 52.5 Å². The summed E-state index contributed by atoms with van der Waals surface area (Å²) in [5.74, 6) is 0.440. The van der Waals surface area contributed by atoms with Crippen LogP contribution in [-0.2, 0) is 11.4 Å². The Morgan fingerprint density at radius 2 is 1.89 bits per heavy atom. The van der Waals surface area contributed by atoms with E-state index in [1.807, 2.05) is 37.3 Å². The Morgan fingerprint density at radius 1 is 1.15 bits per heavy atom. The van der Waals surface area contributed by atoms with E-state index in [0.29, 0.717) is 39.8 Å². The van der Waals surface area contributed by atoms with Gasteiger partial charge in [-0.15, -0.1) is 0 Å². The number of carbonyl (C=O) groups is 1. The molecule has 1 aliphatic heterocycles. The van der Waals surface area contributed by atoms with Crippen LogP contribution in [0.2, 0.25) is 10.0 Å². The second-order valence-electron chi connectivity index (χ2n) is 5.99. The molecule has 1 heterocycles. The van der Waals surface area contributed by atoms with Crippen LogP contribution in [0.4, 0.5) is 0 Å². The first-order valence-electron chi connectivity index (χ1n) is 8.39. The summed E-state index contributed by atoms with van der Waals surface area (Å²) in [6.45, 7) is 2.75. The topological polar surface area (TPSA) is 32.8 Å². The Kier molecular flexibility index (Phi) is 6.05. The van der Waals surface area contributed by atoms with E-state index >= 15 is 0 Å². The molecule has 4 nitrogen and oxygen atoms in total. The minimum atomic E-state index is -0.111. The molecule has 3 rings (SSSR count). The molecule has 0 N–H and O–H groups in total. The van der Waals surface area contributed by atoms with Crippen molar-refractivity contribution < 1.29 is 9.53 Å². The first-order valence-corrected chi connectivity index (χ1v) is 9.55.